The summed E-state index contributed by atoms with van der Waals surface area (Å²) >= 11 is 6.24. The second kappa shape index (κ2) is 9.64. The number of amides is 1. The number of carbonyl (C=O) groups excluding carboxylic acids is 1. The van der Waals surface area contributed by atoms with Crippen LogP contribution in [-0.4, -0.2) is 20.7 Å². The zero-order valence-electron chi connectivity index (χ0n) is 19.3. The molecule has 3 aromatic carbocycles. The molecule has 0 aliphatic carbocycles. The number of allylic oxidation sites excluding steroid dienone is 1. The molecule has 0 unspecified atom stereocenters. The Kier molecular flexibility index (Phi) is 6.25. The van der Waals surface area contributed by atoms with Crippen molar-refractivity contribution in [2.75, 3.05) is 10.6 Å². The Hall–Kier alpha value is -4.10. The molecule has 8 heteroatoms. The third-order valence-corrected chi connectivity index (χ3v) is 6.35. The number of aromatic nitrogens is 3. The van der Waals surface area contributed by atoms with E-state index in [9.17, 15) is 4.79 Å². The Bertz CT molecular complexity index is 1410. The molecular formula is C27H24ClN5O2. The van der Waals surface area contributed by atoms with Crippen LogP contribution >= 0.6 is 11.6 Å². The van der Waals surface area contributed by atoms with Gasteiger partial charge in [-0.2, -0.15) is 10.1 Å². The minimum absolute atomic E-state index is 0.200. The lowest BCUT2D eigenvalue weighted by molar-refractivity contribution is -0.113. The maximum absolute atomic E-state index is 13.5. The van der Waals surface area contributed by atoms with Crippen LogP contribution in [0.3, 0.4) is 0 Å². The van der Waals surface area contributed by atoms with Gasteiger partial charge in [-0.15, -0.1) is 0 Å². The number of hydrogen-bond acceptors (Lipinski definition) is 5. The van der Waals surface area contributed by atoms with Gasteiger partial charge in [-0.25, -0.2) is 4.68 Å². The van der Waals surface area contributed by atoms with Gasteiger partial charge in [0.2, 0.25) is 5.95 Å². The van der Waals surface area contributed by atoms with Gasteiger partial charge in [-0.1, -0.05) is 60.1 Å². The fourth-order valence-electron chi connectivity index (χ4n) is 4.12. The number of halogens is 1. The molecule has 2 heterocycles. The highest BCUT2D eigenvalue weighted by Crippen LogP contribution is 2.36. The van der Waals surface area contributed by atoms with E-state index in [1.54, 1.807) is 4.68 Å². The van der Waals surface area contributed by atoms with Crippen LogP contribution in [0.4, 0.5) is 11.6 Å². The Labute approximate surface area is 208 Å². The number of anilines is 2. The molecule has 0 fully saturated rings. The van der Waals surface area contributed by atoms with Crippen LogP contribution in [-0.2, 0) is 11.4 Å². The number of hydrogen-bond donors (Lipinski definition) is 2. The molecule has 0 saturated carbocycles. The summed E-state index contributed by atoms with van der Waals surface area (Å²) in [6.45, 7) is 4.20. The lowest BCUT2D eigenvalue weighted by atomic mass is 9.95. The van der Waals surface area contributed by atoms with E-state index in [4.69, 9.17) is 16.3 Å². The number of carbonyl (C=O) groups is 1. The van der Waals surface area contributed by atoms with Gasteiger partial charge in [0.25, 0.3) is 5.91 Å². The van der Waals surface area contributed by atoms with Crippen molar-refractivity contribution in [1.82, 2.24) is 14.8 Å². The van der Waals surface area contributed by atoms with Gasteiger partial charge in [-0.05, 0) is 49.2 Å². The molecule has 2 N–H and O–H groups in total. The molecule has 0 bridgehead atoms. The van der Waals surface area contributed by atoms with E-state index < -0.39 is 6.04 Å². The zero-order chi connectivity index (χ0) is 24.4. The van der Waals surface area contributed by atoms with Gasteiger partial charge in [0, 0.05) is 22.0 Å². The minimum atomic E-state index is -0.449. The van der Waals surface area contributed by atoms with E-state index in [1.165, 1.54) is 6.33 Å². The van der Waals surface area contributed by atoms with Crippen molar-refractivity contribution in [3.63, 3.8) is 0 Å². The Balaban J connectivity index is 1.42. The number of para-hydroxylation sites is 1. The molecule has 0 spiro atoms. The van der Waals surface area contributed by atoms with E-state index in [1.807, 2.05) is 86.6 Å². The van der Waals surface area contributed by atoms with E-state index in [0.717, 1.165) is 28.1 Å². The molecule has 4 aromatic rings. The normalized spacial score (nSPS) is 14.8. The van der Waals surface area contributed by atoms with Crippen molar-refractivity contribution < 1.29 is 9.53 Å². The highest BCUT2D eigenvalue weighted by atomic mass is 35.5. The number of benzene rings is 3. The van der Waals surface area contributed by atoms with Crippen LogP contribution in [0, 0.1) is 6.92 Å². The highest BCUT2D eigenvalue weighted by molar-refractivity contribution is 6.31. The van der Waals surface area contributed by atoms with Crippen LogP contribution < -0.4 is 15.4 Å². The predicted molar refractivity (Wildman–Crippen MR) is 137 cm³/mol. The first-order valence-electron chi connectivity index (χ1n) is 11.2. The van der Waals surface area contributed by atoms with Gasteiger partial charge in [0.15, 0.2) is 0 Å². The second-order valence-electron chi connectivity index (χ2n) is 8.31. The largest absolute Gasteiger partial charge is 0.489 e. The second-order valence-corrected chi connectivity index (χ2v) is 8.72. The molecule has 1 atom stereocenters. The lowest BCUT2D eigenvalue weighted by Gasteiger charge is -2.29. The summed E-state index contributed by atoms with van der Waals surface area (Å²) in [5, 5.41) is 11.3. The molecule has 0 radical (unpaired) electrons. The zero-order valence-corrected chi connectivity index (χ0v) is 20.1. The highest BCUT2D eigenvalue weighted by Gasteiger charge is 2.33. The number of aryl methyl sites for hydroxylation is 1. The van der Waals surface area contributed by atoms with Gasteiger partial charge in [0.05, 0.1) is 5.57 Å². The summed E-state index contributed by atoms with van der Waals surface area (Å²) in [4.78, 5) is 17.8. The minimum Gasteiger partial charge on any atom is -0.489 e. The molecule has 1 amide bonds. The smallest absolute Gasteiger partial charge is 0.255 e. The summed E-state index contributed by atoms with van der Waals surface area (Å²) in [7, 11) is 0. The van der Waals surface area contributed by atoms with Crippen molar-refractivity contribution in [2.45, 2.75) is 26.5 Å². The van der Waals surface area contributed by atoms with Crippen LogP contribution in [0.2, 0.25) is 5.02 Å². The van der Waals surface area contributed by atoms with E-state index >= 15 is 0 Å². The van der Waals surface area contributed by atoms with Gasteiger partial charge >= 0.3 is 0 Å². The Morgan fingerprint density at radius 1 is 1.06 bits per heavy atom. The molecule has 5 rings (SSSR count). The van der Waals surface area contributed by atoms with Crippen molar-refractivity contribution >= 4 is 29.1 Å². The lowest BCUT2D eigenvalue weighted by Crippen LogP contribution is -2.31. The number of rotatable bonds is 6. The molecule has 176 valence electrons. The van der Waals surface area contributed by atoms with Crippen molar-refractivity contribution in [2.24, 2.45) is 0 Å². The summed E-state index contributed by atoms with van der Waals surface area (Å²) in [5.74, 6) is 1.08. The van der Waals surface area contributed by atoms with Gasteiger partial charge < -0.3 is 15.4 Å². The average Bonchev–Trinajstić information content (AvgIpc) is 3.32. The van der Waals surface area contributed by atoms with E-state index in [-0.39, 0.29) is 5.91 Å². The maximum atomic E-state index is 13.5. The van der Waals surface area contributed by atoms with Crippen LogP contribution in [0.5, 0.6) is 5.75 Å². The number of ether oxygens (including phenoxy) is 1. The molecule has 0 saturated heterocycles. The number of nitrogens with one attached hydrogen (secondary N) is 2. The first-order chi connectivity index (χ1) is 17.0. The van der Waals surface area contributed by atoms with Crippen LogP contribution in [0.25, 0.3) is 0 Å². The first-order valence-corrected chi connectivity index (χ1v) is 11.6. The maximum Gasteiger partial charge on any atom is 0.255 e. The SMILES string of the molecule is CC1=C(C(=O)Nc2ccccc2C)[C@@H](c2ccc(OCc3ccccc3Cl)cc2)n2ncnc2N1. The van der Waals surface area contributed by atoms with Crippen molar-refractivity contribution in [3.8, 4) is 5.75 Å². The predicted octanol–water partition coefficient (Wildman–Crippen LogP) is 5.75. The summed E-state index contributed by atoms with van der Waals surface area (Å²) < 4.78 is 7.66. The van der Waals surface area contributed by atoms with E-state index in [2.05, 4.69) is 20.7 Å². The summed E-state index contributed by atoms with van der Waals surface area (Å²) in [6, 6.07) is 22.5. The quantitative estimate of drug-likeness (QED) is 0.363. The van der Waals surface area contributed by atoms with Crippen molar-refractivity contribution in [1.29, 1.82) is 0 Å². The van der Waals surface area contributed by atoms with Gasteiger partial charge in [0.1, 0.15) is 24.7 Å². The van der Waals surface area contributed by atoms with Crippen LogP contribution in [0.15, 0.2) is 90.4 Å². The fraction of sp³-hybridized carbons (Fsp3) is 0.148. The van der Waals surface area contributed by atoms with Crippen LogP contribution in [0.1, 0.15) is 29.7 Å². The number of nitrogens with zero attached hydrogens (tertiary/aromatic N) is 3. The molecule has 1 aliphatic rings. The molecule has 7 nitrogen and oxygen atoms in total. The molecular weight excluding hydrogens is 462 g/mol. The average molecular weight is 486 g/mol. The monoisotopic (exact) mass is 485 g/mol. The topological polar surface area (TPSA) is 81.1 Å². The standard InChI is InChI=1S/C27H24ClN5O2/c1-17-7-3-6-10-23(17)32-26(34)24-18(2)31-27-29-16-30-33(27)25(24)19-11-13-21(14-12-19)35-15-20-8-4-5-9-22(20)28/h3-14,16,25H,15H2,1-2H3,(H,32,34)(H,29,30,31)/t25-/m1/s1. The summed E-state index contributed by atoms with van der Waals surface area (Å²) in [6.07, 6.45) is 1.48. The Morgan fingerprint density at radius 3 is 2.57 bits per heavy atom. The van der Waals surface area contributed by atoms with Gasteiger partial charge in [-0.3, -0.25) is 4.79 Å². The van der Waals surface area contributed by atoms with E-state index in [0.29, 0.717) is 28.9 Å². The summed E-state index contributed by atoms with van der Waals surface area (Å²) in [5.41, 5.74) is 4.84. The molecule has 1 aliphatic heterocycles. The van der Waals surface area contributed by atoms with Crippen molar-refractivity contribution in [3.05, 3.63) is 112 Å². The third-order valence-electron chi connectivity index (χ3n) is 5.98. The molecule has 1 aromatic heterocycles. The molecule has 35 heavy (non-hydrogen) atoms. The first kappa shape index (κ1) is 22.7. The number of fused-ring (bicyclic) bond motifs is 1. The third kappa shape index (κ3) is 4.63. The fourth-order valence-corrected chi connectivity index (χ4v) is 4.31. The Morgan fingerprint density at radius 2 is 1.80 bits per heavy atom.